The minimum absolute atomic E-state index is 0.216. The number of benzene rings is 1. The molecule has 1 rings (SSSR count). The summed E-state index contributed by atoms with van der Waals surface area (Å²) in [5.74, 6) is 0.679. The van der Waals surface area contributed by atoms with Gasteiger partial charge in [0.05, 0.1) is 5.02 Å². The van der Waals surface area contributed by atoms with Gasteiger partial charge < -0.3 is 5.73 Å². The molecule has 0 aliphatic rings. The van der Waals surface area contributed by atoms with E-state index in [1.54, 1.807) is 24.8 Å². The lowest BCUT2D eigenvalue weighted by atomic mass is 10.0. The summed E-state index contributed by atoms with van der Waals surface area (Å²) in [6, 6.07) is 3.83. The number of rotatable bonds is 6. The van der Waals surface area contributed by atoms with Crippen molar-refractivity contribution in [1.82, 2.24) is 0 Å². The summed E-state index contributed by atoms with van der Waals surface area (Å²) in [6.45, 7) is 1.74. The van der Waals surface area contributed by atoms with E-state index in [1.807, 2.05) is 6.07 Å². The fraction of sp³-hybridized carbons (Fsp3) is 0.538. The lowest BCUT2D eigenvalue weighted by Crippen LogP contribution is -2.22. The molecule has 1 nitrogen and oxygen atoms in total. The van der Waals surface area contributed by atoms with Crippen LogP contribution in [0, 0.1) is 12.7 Å². The number of aryl methyl sites for hydroxylation is 2. The minimum atomic E-state index is -0.311. The number of halogens is 2. The second-order valence-corrected chi connectivity index (χ2v) is 5.63. The van der Waals surface area contributed by atoms with Gasteiger partial charge in [-0.15, -0.1) is 0 Å². The minimum Gasteiger partial charge on any atom is -0.327 e. The van der Waals surface area contributed by atoms with Crippen LogP contribution in [0.25, 0.3) is 0 Å². The van der Waals surface area contributed by atoms with Crippen LogP contribution in [0.1, 0.15) is 24.0 Å². The van der Waals surface area contributed by atoms with Gasteiger partial charge >= 0.3 is 0 Å². The summed E-state index contributed by atoms with van der Waals surface area (Å²) in [5.41, 5.74) is 7.63. The zero-order valence-corrected chi connectivity index (χ0v) is 11.9. The van der Waals surface area contributed by atoms with Crippen LogP contribution in [0.15, 0.2) is 12.1 Å². The topological polar surface area (TPSA) is 26.0 Å². The third-order valence-electron chi connectivity index (χ3n) is 2.69. The zero-order chi connectivity index (χ0) is 12.8. The summed E-state index contributed by atoms with van der Waals surface area (Å²) < 4.78 is 13.3. The van der Waals surface area contributed by atoms with E-state index >= 15 is 0 Å². The van der Waals surface area contributed by atoms with Crippen molar-refractivity contribution in [3.63, 3.8) is 0 Å². The van der Waals surface area contributed by atoms with Crippen molar-refractivity contribution in [2.75, 3.05) is 12.0 Å². The van der Waals surface area contributed by atoms with E-state index in [0.29, 0.717) is 5.56 Å². The highest BCUT2D eigenvalue weighted by Crippen LogP contribution is 2.21. The largest absolute Gasteiger partial charge is 0.327 e. The maximum Gasteiger partial charge on any atom is 0.144 e. The molecule has 0 saturated carbocycles. The van der Waals surface area contributed by atoms with Crippen molar-refractivity contribution >= 4 is 23.4 Å². The highest BCUT2D eigenvalue weighted by Gasteiger charge is 2.07. The van der Waals surface area contributed by atoms with E-state index < -0.39 is 0 Å². The van der Waals surface area contributed by atoms with Gasteiger partial charge in [-0.05, 0) is 49.6 Å². The first-order valence-electron chi connectivity index (χ1n) is 5.73. The zero-order valence-electron chi connectivity index (χ0n) is 10.3. The molecule has 0 aliphatic carbocycles. The summed E-state index contributed by atoms with van der Waals surface area (Å²) in [5, 5.41) is 0.216. The molecular formula is C13H19ClFNS. The Hall–Kier alpha value is -0.250. The molecular weight excluding hydrogens is 257 g/mol. The predicted molar refractivity (Wildman–Crippen MR) is 75.4 cm³/mol. The maximum atomic E-state index is 13.3. The molecule has 1 aromatic rings. The molecule has 17 heavy (non-hydrogen) atoms. The van der Waals surface area contributed by atoms with Crippen LogP contribution in [0.2, 0.25) is 5.02 Å². The first-order chi connectivity index (χ1) is 8.04. The number of nitrogens with two attached hydrogens (primary N) is 1. The molecule has 0 aromatic heterocycles. The number of hydrogen-bond donors (Lipinski definition) is 1. The van der Waals surface area contributed by atoms with Crippen molar-refractivity contribution < 1.29 is 4.39 Å². The maximum absolute atomic E-state index is 13.3. The van der Waals surface area contributed by atoms with Gasteiger partial charge in [-0.25, -0.2) is 4.39 Å². The van der Waals surface area contributed by atoms with Crippen molar-refractivity contribution in [3.8, 4) is 0 Å². The van der Waals surface area contributed by atoms with Crippen molar-refractivity contribution in [2.45, 2.75) is 32.2 Å². The van der Waals surface area contributed by atoms with Gasteiger partial charge in [0.15, 0.2) is 0 Å². The van der Waals surface area contributed by atoms with Gasteiger partial charge in [0.25, 0.3) is 0 Å². The molecule has 0 saturated heterocycles. The molecule has 0 amide bonds. The van der Waals surface area contributed by atoms with Gasteiger partial charge in [-0.1, -0.05) is 17.7 Å². The Morgan fingerprint density at radius 2 is 2.18 bits per heavy atom. The first-order valence-corrected chi connectivity index (χ1v) is 7.50. The van der Waals surface area contributed by atoms with Gasteiger partial charge in [-0.2, -0.15) is 11.8 Å². The molecule has 1 aromatic carbocycles. The van der Waals surface area contributed by atoms with E-state index in [-0.39, 0.29) is 16.9 Å². The Morgan fingerprint density at radius 1 is 1.47 bits per heavy atom. The predicted octanol–water partition coefficient (Wildman–Crippen LogP) is 3.80. The van der Waals surface area contributed by atoms with Gasteiger partial charge in [0.2, 0.25) is 0 Å². The SMILES string of the molecule is CSC[C@H](N)CCCc1cc(C)c(F)c(Cl)c1. The lowest BCUT2D eigenvalue weighted by Gasteiger charge is -2.10. The number of thioether (sulfide) groups is 1. The van der Waals surface area contributed by atoms with Gasteiger partial charge in [-0.3, -0.25) is 0 Å². The molecule has 0 heterocycles. The quantitative estimate of drug-likeness (QED) is 0.855. The molecule has 4 heteroatoms. The Balaban J connectivity index is 2.47. The Labute approximate surface area is 112 Å². The van der Waals surface area contributed by atoms with E-state index in [2.05, 4.69) is 6.26 Å². The van der Waals surface area contributed by atoms with Crippen molar-refractivity contribution in [3.05, 3.63) is 34.1 Å². The molecule has 0 fully saturated rings. The first kappa shape index (κ1) is 14.8. The molecule has 2 N–H and O–H groups in total. The molecule has 0 aliphatic heterocycles. The van der Waals surface area contributed by atoms with E-state index in [0.717, 1.165) is 30.6 Å². The molecule has 0 bridgehead atoms. The van der Waals surface area contributed by atoms with E-state index in [4.69, 9.17) is 17.3 Å². The summed E-state index contributed by atoms with van der Waals surface area (Å²) in [7, 11) is 0. The fourth-order valence-electron chi connectivity index (χ4n) is 1.81. The summed E-state index contributed by atoms with van der Waals surface area (Å²) in [6.07, 6.45) is 4.98. The van der Waals surface area contributed by atoms with Crippen LogP contribution in [0.5, 0.6) is 0 Å². The van der Waals surface area contributed by atoms with E-state index in [9.17, 15) is 4.39 Å². The molecule has 0 spiro atoms. The van der Waals surface area contributed by atoms with Crippen molar-refractivity contribution in [1.29, 1.82) is 0 Å². The van der Waals surface area contributed by atoms with Gasteiger partial charge in [0, 0.05) is 11.8 Å². The smallest absolute Gasteiger partial charge is 0.144 e. The molecule has 1 atom stereocenters. The van der Waals surface area contributed by atoms with E-state index in [1.165, 1.54) is 0 Å². The fourth-order valence-corrected chi connectivity index (χ4v) is 2.69. The third-order valence-corrected chi connectivity index (χ3v) is 3.73. The highest BCUT2D eigenvalue weighted by molar-refractivity contribution is 7.98. The van der Waals surface area contributed by atoms with Crippen LogP contribution in [0.3, 0.4) is 0 Å². The van der Waals surface area contributed by atoms with Crippen LogP contribution < -0.4 is 5.73 Å². The second kappa shape index (κ2) is 7.24. The number of hydrogen-bond acceptors (Lipinski definition) is 2. The average molecular weight is 276 g/mol. The standard InChI is InChI=1S/C13H19ClFNS/c1-9-6-10(7-12(14)13(9)15)4-3-5-11(16)8-17-2/h6-7,11H,3-5,8,16H2,1-2H3/t11-/m1/s1. The van der Waals surface area contributed by atoms with Crippen LogP contribution in [-0.4, -0.2) is 18.1 Å². The molecule has 0 radical (unpaired) electrons. The Bertz CT molecular complexity index is 347. The lowest BCUT2D eigenvalue weighted by molar-refractivity contribution is 0.613. The normalized spacial score (nSPS) is 12.8. The second-order valence-electron chi connectivity index (χ2n) is 4.32. The summed E-state index contributed by atoms with van der Waals surface area (Å²) >= 11 is 7.57. The molecule has 0 unspecified atom stereocenters. The monoisotopic (exact) mass is 275 g/mol. The highest BCUT2D eigenvalue weighted by atomic mass is 35.5. The Kier molecular flexibility index (Phi) is 6.31. The molecule has 96 valence electrons. The average Bonchev–Trinajstić information content (AvgIpc) is 2.26. The van der Waals surface area contributed by atoms with Crippen molar-refractivity contribution in [2.24, 2.45) is 5.73 Å². The summed E-state index contributed by atoms with van der Waals surface area (Å²) in [4.78, 5) is 0. The van der Waals surface area contributed by atoms with Crippen LogP contribution in [0.4, 0.5) is 4.39 Å². The third kappa shape index (κ3) is 4.86. The van der Waals surface area contributed by atoms with Crippen LogP contribution >= 0.6 is 23.4 Å². The van der Waals surface area contributed by atoms with Gasteiger partial charge in [0.1, 0.15) is 5.82 Å². The Morgan fingerprint density at radius 3 is 2.76 bits per heavy atom. The van der Waals surface area contributed by atoms with Crippen LogP contribution in [-0.2, 0) is 6.42 Å².